The summed E-state index contributed by atoms with van der Waals surface area (Å²) in [5, 5.41) is 0.513. The highest BCUT2D eigenvalue weighted by Crippen LogP contribution is 2.27. The van der Waals surface area contributed by atoms with Crippen molar-refractivity contribution >= 4 is 43.2 Å². The predicted molar refractivity (Wildman–Crippen MR) is 88.7 cm³/mol. The second-order valence-corrected chi connectivity index (χ2v) is 7.50. The zero-order valence-electron chi connectivity index (χ0n) is 11.2. The fraction of sp³-hybridized carbons (Fsp3) is 0.143. The lowest BCUT2D eigenvalue weighted by Gasteiger charge is -2.16. The first kappa shape index (κ1) is 16.3. The average molecular weight is 390 g/mol. The van der Waals surface area contributed by atoms with Crippen LogP contribution in [0.3, 0.4) is 0 Å². The van der Waals surface area contributed by atoms with Crippen molar-refractivity contribution in [3.8, 4) is 0 Å². The number of rotatable bonds is 4. The smallest absolute Gasteiger partial charge is 0.242 e. The SMILES string of the molecule is CC(NS(=O)(=O)c1cc(N)ccc1Br)c1ccccc1Cl. The molecular formula is C14H14BrClN2O2S. The minimum atomic E-state index is -3.71. The molecule has 112 valence electrons. The summed E-state index contributed by atoms with van der Waals surface area (Å²) < 4.78 is 28.0. The Bertz CT molecular complexity index is 765. The quantitative estimate of drug-likeness (QED) is 0.783. The Morgan fingerprint density at radius 3 is 2.57 bits per heavy atom. The van der Waals surface area contributed by atoms with Crippen LogP contribution < -0.4 is 10.5 Å². The number of halogens is 2. The number of hydrogen-bond donors (Lipinski definition) is 2. The Labute approximate surface area is 137 Å². The van der Waals surface area contributed by atoms with Gasteiger partial charge in [-0.05, 0) is 52.7 Å². The van der Waals surface area contributed by atoms with Crippen LogP contribution in [0.5, 0.6) is 0 Å². The number of nitrogens with one attached hydrogen (secondary N) is 1. The van der Waals surface area contributed by atoms with Gasteiger partial charge in [0.2, 0.25) is 10.0 Å². The molecule has 4 nitrogen and oxygen atoms in total. The lowest BCUT2D eigenvalue weighted by atomic mass is 10.1. The Balaban J connectivity index is 2.34. The van der Waals surface area contributed by atoms with Crippen molar-refractivity contribution in [2.45, 2.75) is 17.9 Å². The van der Waals surface area contributed by atoms with E-state index in [1.54, 1.807) is 37.3 Å². The summed E-state index contributed by atoms with van der Waals surface area (Å²) in [7, 11) is -3.71. The van der Waals surface area contributed by atoms with E-state index in [0.29, 0.717) is 20.7 Å². The van der Waals surface area contributed by atoms with Crippen molar-refractivity contribution in [1.29, 1.82) is 0 Å². The summed E-state index contributed by atoms with van der Waals surface area (Å²) in [4.78, 5) is 0.0985. The van der Waals surface area contributed by atoms with Gasteiger partial charge in [-0.25, -0.2) is 13.1 Å². The van der Waals surface area contributed by atoms with Gasteiger partial charge in [0.15, 0.2) is 0 Å². The van der Waals surface area contributed by atoms with Gasteiger partial charge in [0.05, 0.1) is 4.90 Å². The van der Waals surface area contributed by atoms with Crippen molar-refractivity contribution in [2.75, 3.05) is 5.73 Å². The zero-order valence-corrected chi connectivity index (χ0v) is 14.3. The molecule has 0 spiro atoms. The molecule has 2 rings (SSSR count). The molecule has 0 aliphatic rings. The summed E-state index contributed by atoms with van der Waals surface area (Å²) in [6.45, 7) is 1.74. The average Bonchev–Trinajstić information content (AvgIpc) is 2.41. The van der Waals surface area contributed by atoms with Crippen LogP contribution >= 0.6 is 27.5 Å². The van der Waals surface area contributed by atoms with Crippen molar-refractivity contribution in [1.82, 2.24) is 4.72 Å². The molecule has 0 bridgehead atoms. The molecule has 1 unspecified atom stereocenters. The molecule has 21 heavy (non-hydrogen) atoms. The van der Waals surface area contributed by atoms with Gasteiger partial charge < -0.3 is 5.73 Å². The highest BCUT2D eigenvalue weighted by molar-refractivity contribution is 9.10. The monoisotopic (exact) mass is 388 g/mol. The molecule has 0 amide bonds. The third kappa shape index (κ3) is 3.77. The van der Waals surface area contributed by atoms with E-state index in [0.717, 1.165) is 0 Å². The summed E-state index contributed by atoms with van der Waals surface area (Å²) in [6, 6.07) is 11.3. The molecule has 0 aliphatic carbocycles. The molecule has 2 aromatic rings. The van der Waals surface area contributed by atoms with Gasteiger partial charge in [0, 0.05) is 21.2 Å². The number of sulfonamides is 1. The molecule has 1 atom stereocenters. The van der Waals surface area contributed by atoms with Crippen molar-refractivity contribution < 1.29 is 8.42 Å². The van der Waals surface area contributed by atoms with Crippen LogP contribution in [0, 0.1) is 0 Å². The number of benzene rings is 2. The first-order chi connectivity index (χ1) is 9.81. The third-order valence-corrected chi connectivity index (χ3v) is 5.83. The van der Waals surface area contributed by atoms with Gasteiger partial charge in [0.25, 0.3) is 0 Å². The van der Waals surface area contributed by atoms with Gasteiger partial charge in [-0.15, -0.1) is 0 Å². The van der Waals surface area contributed by atoms with Crippen LogP contribution in [-0.4, -0.2) is 8.42 Å². The largest absolute Gasteiger partial charge is 0.399 e. The molecule has 0 heterocycles. The lowest BCUT2D eigenvalue weighted by molar-refractivity contribution is 0.566. The van der Waals surface area contributed by atoms with Crippen LogP contribution in [-0.2, 0) is 10.0 Å². The van der Waals surface area contributed by atoms with E-state index in [1.165, 1.54) is 6.07 Å². The number of nitrogens with two attached hydrogens (primary N) is 1. The minimum Gasteiger partial charge on any atom is -0.399 e. The number of hydrogen-bond acceptors (Lipinski definition) is 3. The van der Waals surface area contributed by atoms with E-state index in [9.17, 15) is 8.42 Å². The molecule has 0 aliphatic heterocycles. The second kappa shape index (κ2) is 6.36. The summed E-state index contributed by atoms with van der Waals surface area (Å²) >= 11 is 9.31. The molecule has 2 aromatic carbocycles. The second-order valence-electron chi connectivity index (χ2n) is 4.55. The zero-order chi connectivity index (χ0) is 15.6. The van der Waals surface area contributed by atoms with Gasteiger partial charge in [-0.1, -0.05) is 29.8 Å². The molecule has 7 heteroatoms. The molecule has 0 aromatic heterocycles. The molecule has 3 N–H and O–H groups in total. The lowest BCUT2D eigenvalue weighted by Crippen LogP contribution is -2.27. The van der Waals surface area contributed by atoms with Crippen LogP contribution in [0.1, 0.15) is 18.5 Å². The third-order valence-electron chi connectivity index (χ3n) is 2.95. The van der Waals surface area contributed by atoms with Crippen molar-refractivity contribution in [3.05, 3.63) is 57.5 Å². The van der Waals surface area contributed by atoms with Gasteiger partial charge in [-0.2, -0.15) is 0 Å². The van der Waals surface area contributed by atoms with E-state index < -0.39 is 16.1 Å². The van der Waals surface area contributed by atoms with E-state index in [-0.39, 0.29) is 4.90 Å². The normalized spacial score (nSPS) is 13.1. The summed E-state index contributed by atoms with van der Waals surface area (Å²) in [5.74, 6) is 0. The Hall–Kier alpha value is -1.08. The van der Waals surface area contributed by atoms with E-state index in [4.69, 9.17) is 17.3 Å². The number of nitrogen functional groups attached to an aromatic ring is 1. The Morgan fingerprint density at radius 1 is 1.24 bits per heavy atom. The maximum Gasteiger partial charge on any atom is 0.242 e. The molecule has 0 saturated heterocycles. The van der Waals surface area contributed by atoms with E-state index in [2.05, 4.69) is 20.7 Å². The fourth-order valence-electron chi connectivity index (χ4n) is 1.91. The van der Waals surface area contributed by atoms with Gasteiger partial charge in [0.1, 0.15) is 0 Å². The maximum absolute atomic E-state index is 12.5. The highest BCUT2D eigenvalue weighted by atomic mass is 79.9. The Kier molecular flexibility index (Phi) is 4.93. The van der Waals surface area contributed by atoms with Crippen LogP contribution in [0.25, 0.3) is 0 Å². The van der Waals surface area contributed by atoms with Crippen molar-refractivity contribution in [2.24, 2.45) is 0 Å². The van der Waals surface area contributed by atoms with Gasteiger partial charge in [-0.3, -0.25) is 0 Å². The predicted octanol–water partition coefficient (Wildman–Crippen LogP) is 3.72. The first-order valence-corrected chi connectivity index (χ1v) is 8.78. The standard InChI is InChI=1S/C14H14BrClN2O2S/c1-9(11-4-2-3-5-13(11)16)18-21(19,20)14-8-10(17)6-7-12(14)15/h2-9,18H,17H2,1H3. The fourth-order valence-corrected chi connectivity index (χ4v) is 4.43. The molecule has 0 saturated carbocycles. The van der Waals surface area contributed by atoms with E-state index in [1.807, 2.05) is 6.07 Å². The molecule has 0 fully saturated rings. The molecule has 0 radical (unpaired) electrons. The van der Waals surface area contributed by atoms with Crippen LogP contribution in [0.4, 0.5) is 5.69 Å². The van der Waals surface area contributed by atoms with E-state index >= 15 is 0 Å². The maximum atomic E-state index is 12.5. The highest BCUT2D eigenvalue weighted by Gasteiger charge is 2.22. The minimum absolute atomic E-state index is 0.0985. The summed E-state index contributed by atoms with van der Waals surface area (Å²) in [5.41, 5.74) is 6.75. The molecular weight excluding hydrogens is 376 g/mol. The van der Waals surface area contributed by atoms with Gasteiger partial charge >= 0.3 is 0 Å². The first-order valence-electron chi connectivity index (χ1n) is 6.13. The summed E-state index contributed by atoms with van der Waals surface area (Å²) in [6.07, 6.45) is 0. The Morgan fingerprint density at radius 2 is 1.90 bits per heavy atom. The van der Waals surface area contributed by atoms with Crippen molar-refractivity contribution in [3.63, 3.8) is 0 Å². The van der Waals surface area contributed by atoms with Crippen LogP contribution in [0.2, 0.25) is 5.02 Å². The topological polar surface area (TPSA) is 72.2 Å². The number of anilines is 1. The van der Waals surface area contributed by atoms with Crippen LogP contribution in [0.15, 0.2) is 51.8 Å².